The van der Waals surface area contributed by atoms with Crippen LogP contribution in [0.5, 0.6) is 17.2 Å². The summed E-state index contributed by atoms with van der Waals surface area (Å²) in [7, 11) is 1.65. The van der Waals surface area contributed by atoms with Gasteiger partial charge in [-0.15, -0.1) is 24.0 Å². The van der Waals surface area contributed by atoms with Crippen LogP contribution >= 0.6 is 24.0 Å². The largest absolute Gasteiger partial charge is 0.493 e. The number of fused-ring (bicyclic) bond motifs is 1. The van der Waals surface area contributed by atoms with Gasteiger partial charge in [0.1, 0.15) is 5.75 Å². The molecule has 1 aliphatic rings. The summed E-state index contributed by atoms with van der Waals surface area (Å²) in [6.45, 7) is 7.62. The fourth-order valence-corrected chi connectivity index (χ4v) is 3.32. The molecule has 2 aromatic carbocycles. The number of benzene rings is 2. The lowest BCUT2D eigenvalue weighted by Gasteiger charge is -2.13. The van der Waals surface area contributed by atoms with E-state index in [-0.39, 0.29) is 24.0 Å². The van der Waals surface area contributed by atoms with Crippen molar-refractivity contribution >= 4 is 29.9 Å². The molecule has 1 aliphatic heterocycles. The Morgan fingerprint density at radius 1 is 1.07 bits per heavy atom. The first-order chi connectivity index (χ1) is 14.2. The van der Waals surface area contributed by atoms with E-state index in [0.29, 0.717) is 13.2 Å². The first-order valence-electron chi connectivity index (χ1n) is 10.3. The molecule has 0 amide bonds. The molecular formula is C23H32IN3O3. The van der Waals surface area contributed by atoms with E-state index >= 15 is 0 Å². The summed E-state index contributed by atoms with van der Waals surface area (Å²) in [6.07, 6.45) is 1.95. The van der Waals surface area contributed by atoms with Crippen LogP contribution in [0.25, 0.3) is 0 Å². The molecule has 3 rings (SSSR count). The van der Waals surface area contributed by atoms with Gasteiger partial charge in [-0.25, -0.2) is 4.99 Å². The van der Waals surface area contributed by atoms with Crippen LogP contribution in [0.3, 0.4) is 0 Å². The van der Waals surface area contributed by atoms with E-state index in [1.54, 1.807) is 7.11 Å². The monoisotopic (exact) mass is 525 g/mol. The van der Waals surface area contributed by atoms with Crippen molar-refractivity contribution in [3.8, 4) is 17.2 Å². The summed E-state index contributed by atoms with van der Waals surface area (Å²) in [5, 5.41) is 6.73. The van der Waals surface area contributed by atoms with Crippen LogP contribution in [0.4, 0.5) is 0 Å². The highest BCUT2D eigenvalue weighted by atomic mass is 127. The van der Waals surface area contributed by atoms with Crippen LogP contribution in [0.2, 0.25) is 0 Å². The van der Waals surface area contributed by atoms with Gasteiger partial charge in [0.2, 0.25) is 0 Å². The van der Waals surface area contributed by atoms with Crippen LogP contribution in [0.15, 0.2) is 41.4 Å². The number of halogens is 1. The Balaban J connectivity index is 0.00000320. The maximum atomic E-state index is 5.65. The van der Waals surface area contributed by atoms with Crippen LogP contribution in [-0.4, -0.2) is 39.4 Å². The average molecular weight is 525 g/mol. The quantitative estimate of drug-likeness (QED) is 0.295. The lowest BCUT2D eigenvalue weighted by atomic mass is 10.1. The third kappa shape index (κ3) is 6.68. The number of hydrogen-bond donors (Lipinski definition) is 2. The average Bonchev–Trinajstić information content (AvgIpc) is 3.20. The lowest BCUT2D eigenvalue weighted by Crippen LogP contribution is -2.38. The molecule has 0 aliphatic carbocycles. The standard InChI is InChI=1S/C23H31N3O3.HI/c1-4-24-23(25-12-10-17-6-8-20-19(14-17)11-13-29-20)26-16-18-7-9-21(27-3)22(15-18)28-5-2;/h6-9,14-15H,4-5,10-13,16H2,1-3H3,(H2,24,25,26);1H. The van der Waals surface area contributed by atoms with Gasteiger partial charge in [-0.2, -0.15) is 0 Å². The second kappa shape index (κ2) is 12.5. The summed E-state index contributed by atoms with van der Waals surface area (Å²) >= 11 is 0. The zero-order valence-electron chi connectivity index (χ0n) is 18.0. The Labute approximate surface area is 196 Å². The number of hydrogen-bond acceptors (Lipinski definition) is 4. The van der Waals surface area contributed by atoms with Crippen molar-refractivity contribution in [3.05, 3.63) is 53.1 Å². The van der Waals surface area contributed by atoms with Crippen LogP contribution in [-0.2, 0) is 19.4 Å². The van der Waals surface area contributed by atoms with Crippen molar-refractivity contribution in [2.75, 3.05) is 33.4 Å². The second-order valence-electron chi connectivity index (χ2n) is 6.83. The minimum Gasteiger partial charge on any atom is -0.493 e. The molecule has 0 saturated heterocycles. The molecule has 0 saturated carbocycles. The Morgan fingerprint density at radius 3 is 2.67 bits per heavy atom. The molecule has 7 heteroatoms. The Hall–Kier alpha value is -2.16. The van der Waals surface area contributed by atoms with E-state index in [4.69, 9.17) is 19.2 Å². The van der Waals surface area contributed by atoms with Gasteiger partial charge in [-0.05, 0) is 55.2 Å². The molecule has 0 bridgehead atoms. The van der Waals surface area contributed by atoms with Gasteiger partial charge >= 0.3 is 0 Å². The number of aliphatic imine (C=N–C) groups is 1. The van der Waals surface area contributed by atoms with Crippen molar-refractivity contribution < 1.29 is 14.2 Å². The number of guanidine groups is 1. The molecule has 0 radical (unpaired) electrons. The molecular weight excluding hydrogens is 493 g/mol. The van der Waals surface area contributed by atoms with Gasteiger partial charge < -0.3 is 24.8 Å². The number of methoxy groups -OCH3 is 1. The highest BCUT2D eigenvalue weighted by molar-refractivity contribution is 14.0. The smallest absolute Gasteiger partial charge is 0.191 e. The SMILES string of the molecule is CCNC(=NCc1ccc(OC)c(OCC)c1)NCCc1ccc2c(c1)CCO2.I. The Kier molecular flexibility index (Phi) is 10.1. The van der Waals surface area contributed by atoms with Gasteiger partial charge in [0.25, 0.3) is 0 Å². The minimum atomic E-state index is 0. The normalized spacial score (nSPS) is 12.4. The van der Waals surface area contributed by atoms with E-state index in [1.807, 2.05) is 25.1 Å². The van der Waals surface area contributed by atoms with Gasteiger partial charge in [0.05, 0.1) is 26.9 Å². The van der Waals surface area contributed by atoms with Gasteiger partial charge in [0.15, 0.2) is 17.5 Å². The molecule has 2 N–H and O–H groups in total. The lowest BCUT2D eigenvalue weighted by molar-refractivity contribution is 0.310. The van der Waals surface area contributed by atoms with Crippen molar-refractivity contribution in [1.29, 1.82) is 0 Å². The molecule has 164 valence electrons. The summed E-state index contributed by atoms with van der Waals surface area (Å²) in [6, 6.07) is 12.4. The van der Waals surface area contributed by atoms with Crippen LogP contribution < -0.4 is 24.8 Å². The molecule has 2 aromatic rings. The predicted octanol–water partition coefficient (Wildman–Crippen LogP) is 3.94. The molecule has 0 aromatic heterocycles. The van der Waals surface area contributed by atoms with Gasteiger partial charge in [0, 0.05) is 19.5 Å². The molecule has 0 atom stereocenters. The summed E-state index contributed by atoms with van der Waals surface area (Å²) in [5.74, 6) is 3.33. The Morgan fingerprint density at radius 2 is 1.90 bits per heavy atom. The zero-order valence-corrected chi connectivity index (χ0v) is 20.3. The maximum Gasteiger partial charge on any atom is 0.191 e. The third-order valence-electron chi connectivity index (χ3n) is 4.75. The molecule has 6 nitrogen and oxygen atoms in total. The fraction of sp³-hybridized carbons (Fsp3) is 0.435. The number of ether oxygens (including phenoxy) is 3. The molecule has 0 spiro atoms. The number of nitrogens with zero attached hydrogens (tertiary/aromatic N) is 1. The highest BCUT2D eigenvalue weighted by Crippen LogP contribution is 2.28. The maximum absolute atomic E-state index is 5.65. The molecule has 0 fully saturated rings. The van der Waals surface area contributed by atoms with E-state index in [9.17, 15) is 0 Å². The predicted molar refractivity (Wildman–Crippen MR) is 132 cm³/mol. The summed E-state index contributed by atoms with van der Waals surface area (Å²) < 4.78 is 16.6. The van der Waals surface area contributed by atoms with Crippen molar-refractivity contribution in [2.45, 2.75) is 33.2 Å². The van der Waals surface area contributed by atoms with E-state index in [1.165, 1.54) is 11.1 Å². The highest BCUT2D eigenvalue weighted by Gasteiger charge is 2.12. The zero-order chi connectivity index (χ0) is 20.5. The van der Waals surface area contributed by atoms with Gasteiger partial charge in [-0.1, -0.05) is 18.2 Å². The number of nitrogens with one attached hydrogen (secondary N) is 2. The first-order valence-corrected chi connectivity index (χ1v) is 10.3. The van der Waals surface area contributed by atoms with E-state index in [2.05, 4.69) is 35.8 Å². The van der Waals surface area contributed by atoms with Crippen LogP contribution in [0.1, 0.15) is 30.5 Å². The van der Waals surface area contributed by atoms with Crippen molar-refractivity contribution in [3.63, 3.8) is 0 Å². The van der Waals surface area contributed by atoms with Crippen molar-refractivity contribution in [2.24, 2.45) is 4.99 Å². The van der Waals surface area contributed by atoms with Gasteiger partial charge in [-0.3, -0.25) is 0 Å². The topological polar surface area (TPSA) is 64.1 Å². The van der Waals surface area contributed by atoms with Crippen LogP contribution in [0, 0.1) is 0 Å². The molecule has 30 heavy (non-hydrogen) atoms. The van der Waals surface area contributed by atoms with Crippen molar-refractivity contribution in [1.82, 2.24) is 10.6 Å². The summed E-state index contributed by atoms with van der Waals surface area (Å²) in [4.78, 5) is 4.71. The fourth-order valence-electron chi connectivity index (χ4n) is 3.32. The second-order valence-corrected chi connectivity index (χ2v) is 6.83. The Bertz CT molecular complexity index is 842. The van der Waals surface area contributed by atoms with E-state index in [0.717, 1.165) is 61.3 Å². The third-order valence-corrected chi connectivity index (χ3v) is 4.75. The molecule has 1 heterocycles. The molecule has 0 unspecified atom stereocenters. The summed E-state index contributed by atoms with van der Waals surface area (Å²) in [5.41, 5.74) is 3.70. The van der Waals surface area contributed by atoms with E-state index < -0.39 is 0 Å². The number of rotatable bonds is 9. The minimum absolute atomic E-state index is 0. The first kappa shape index (κ1) is 24.1.